The minimum Gasteiger partial charge on any atom is -0.507 e. The van der Waals surface area contributed by atoms with Crippen molar-refractivity contribution in [2.75, 3.05) is 0 Å². The number of aryl methyl sites for hydroxylation is 1. The highest BCUT2D eigenvalue weighted by Crippen LogP contribution is 2.28. The highest BCUT2D eigenvalue weighted by atomic mass is 16.4. The van der Waals surface area contributed by atoms with Gasteiger partial charge in [-0.15, -0.1) is 0 Å². The fourth-order valence-electron chi connectivity index (χ4n) is 2.34. The van der Waals surface area contributed by atoms with Crippen LogP contribution in [0.3, 0.4) is 0 Å². The first kappa shape index (κ1) is 14.7. The van der Waals surface area contributed by atoms with Crippen molar-refractivity contribution in [3.05, 3.63) is 75.9 Å². The Morgan fingerprint density at radius 1 is 1.30 bits per heavy atom. The largest absolute Gasteiger partial charge is 0.507 e. The second-order valence-corrected chi connectivity index (χ2v) is 5.07. The summed E-state index contributed by atoms with van der Waals surface area (Å²) in [5.74, 6) is -0.683. The van der Waals surface area contributed by atoms with E-state index in [-0.39, 0.29) is 16.9 Å². The minimum absolute atomic E-state index is 0.0246. The molecule has 0 fully saturated rings. The highest BCUT2D eigenvalue weighted by Gasteiger charge is 2.17. The summed E-state index contributed by atoms with van der Waals surface area (Å²) in [7, 11) is 0. The van der Waals surface area contributed by atoms with Gasteiger partial charge in [-0.2, -0.15) is 0 Å². The van der Waals surface area contributed by atoms with Crippen LogP contribution in [0, 0.1) is 6.92 Å². The Kier molecular flexibility index (Phi) is 3.76. The molecule has 0 aliphatic carbocycles. The molecule has 23 heavy (non-hydrogen) atoms. The fourth-order valence-corrected chi connectivity index (χ4v) is 2.34. The average Bonchev–Trinajstić information content (AvgIpc) is 2.53. The van der Waals surface area contributed by atoms with E-state index in [2.05, 4.69) is 4.98 Å². The van der Waals surface area contributed by atoms with Crippen LogP contribution in [0.5, 0.6) is 5.75 Å². The monoisotopic (exact) mass is 307 g/mol. The number of hydrogen-bond donors (Lipinski definition) is 1. The fraction of sp³-hybridized carbons (Fsp3) is 0.0556. The smallest absolute Gasteiger partial charge is 0.336 e. The van der Waals surface area contributed by atoms with Gasteiger partial charge in [-0.1, -0.05) is 6.07 Å². The van der Waals surface area contributed by atoms with E-state index < -0.39 is 11.4 Å². The van der Waals surface area contributed by atoms with Gasteiger partial charge in [-0.25, -0.2) is 4.79 Å². The zero-order valence-electron chi connectivity index (χ0n) is 12.3. The summed E-state index contributed by atoms with van der Waals surface area (Å²) in [6.45, 7) is 1.75. The molecule has 0 amide bonds. The number of rotatable bonds is 3. The van der Waals surface area contributed by atoms with Gasteiger partial charge >= 0.3 is 5.63 Å². The average molecular weight is 307 g/mol. The Balaban J connectivity index is 2.12. The first-order valence-electron chi connectivity index (χ1n) is 6.95. The number of ketones is 1. The second kappa shape index (κ2) is 5.88. The Morgan fingerprint density at radius 2 is 2.13 bits per heavy atom. The zero-order chi connectivity index (χ0) is 16.4. The maximum atomic E-state index is 12.4. The van der Waals surface area contributed by atoms with Crippen LogP contribution >= 0.6 is 0 Å². The van der Waals surface area contributed by atoms with Crippen LogP contribution in [0.4, 0.5) is 0 Å². The van der Waals surface area contributed by atoms with Crippen LogP contribution in [0.15, 0.2) is 58.0 Å². The van der Waals surface area contributed by atoms with Gasteiger partial charge in [0.2, 0.25) is 0 Å². The molecular weight excluding hydrogens is 294 g/mol. The lowest BCUT2D eigenvalue weighted by Gasteiger charge is -2.06. The summed E-state index contributed by atoms with van der Waals surface area (Å²) in [5.41, 5.74) is 0.935. The molecule has 2 aromatic heterocycles. The summed E-state index contributed by atoms with van der Waals surface area (Å²) >= 11 is 0. The molecule has 3 aromatic rings. The third-order valence-corrected chi connectivity index (χ3v) is 3.46. The van der Waals surface area contributed by atoms with Gasteiger partial charge in [0.15, 0.2) is 11.4 Å². The van der Waals surface area contributed by atoms with Crippen LogP contribution in [0.1, 0.15) is 21.5 Å². The molecule has 0 bridgehead atoms. The maximum absolute atomic E-state index is 12.4. The van der Waals surface area contributed by atoms with Crippen molar-refractivity contribution in [2.45, 2.75) is 6.92 Å². The maximum Gasteiger partial charge on any atom is 0.336 e. The van der Waals surface area contributed by atoms with Crippen LogP contribution in [0.25, 0.3) is 17.0 Å². The van der Waals surface area contributed by atoms with Crippen molar-refractivity contribution in [1.82, 2.24) is 4.98 Å². The molecule has 0 radical (unpaired) electrons. The summed E-state index contributed by atoms with van der Waals surface area (Å²) in [5, 5.41) is 10.6. The molecule has 0 spiro atoms. The number of benzene rings is 1. The molecule has 2 heterocycles. The van der Waals surface area contributed by atoms with Crippen molar-refractivity contribution in [3.63, 3.8) is 0 Å². The first-order chi connectivity index (χ1) is 11.1. The number of phenolic OH excluding ortho intramolecular Hbond substituents is 1. The molecule has 0 aliphatic rings. The molecule has 0 atom stereocenters. The summed E-state index contributed by atoms with van der Waals surface area (Å²) in [4.78, 5) is 28.0. The predicted molar refractivity (Wildman–Crippen MR) is 86.5 cm³/mol. The van der Waals surface area contributed by atoms with Gasteiger partial charge in [0.1, 0.15) is 11.3 Å². The summed E-state index contributed by atoms with van der Waals surface area (Å²) in [6, 6.07) is 7.93. The number of aromatic hydroxyl groups is 1. The van der Waals surface area contributed by atoms with E-state index in [1.165, 1.54) is 18.2 Å². The molecule has 0 saturated heterocycles. The lowest BCUT2D eigenvalue weighted by molar-refractivity contribution is 0.104. The van der Waals surface area contributed by atoms with Gasteiger partial charge in [0, 0.05) is 23.8 Å². The van der Waals surface area contributed by atoms with Crippen molar-refractivity contribution in [2.24, 2.45) is 0 Å². The summed E-state index contributed by atoms with van der Waals surface area (Å²) in [6.07, 6.45) is 6.14. The van der Waals surface area contributed by atoms with Crippen LogP contribution in [-0.2, 0) is 0 Å². The van der Waals surface area contributed by atoms with E-state index in [4.69, 9.17) is 4.42 Å². The van der Waals surface area contributed by atoms with E-state index >= 15 is 0 Å². The highest BCUT2D eigenvalue weighted by molar-refractivity contribution is 6.15. The van der Waals surface area contributed by atoms with Crippen LogP contribution < -0.4 is 5.63 Å². The number of fused-ring (bicyclic) bond motifs is 1. The van der Waals surface area contributed by atoms with E-state index in [9.17, 15) is 14.7 Å². The van der Waals surface area contributed by atoms with E-state index in [1.807, 2.05) is 0 Å². The first-order valence-corrected chi connectivity index (χ1v) is 6.95. The van der Waals surface area contributed by atoms with Gasteiger partial charge in [-0.05, 0) is 48.4 Å². The van der Waals surface area contributed by atoms with E-state index in [0.717, 1.165) is 5.56 Å². The lowest BCUT2D eigenvalue weighted by atomic mass is 10.0. The molecule has 0 unspecified atom stereocenters. The Morgan fingerprint density at radius 3 is 2.87 bits per heavy atom. The summed E-state index contributed by atoms with van der Waals surface area (Å²) < 4.78 is 5.14. The molecule has 0 saturated carbocycles. The molecule has 5 nitrogen and oxygen atoms in total. The Labute approximate surface area is 131 Å². The number of pyridine rings is 1. The third kappa shape index (κ3) is 2.89. The Hall–Kier alpha value is -3.21. The standard InChI is InChI=1S/C18H13NO4/c1-11-9-16(22)23-18-13(11)5-7-15(21)17(18)14(20)6-4-12-3-2-8-19-10-12/h2-10,21H,1H3/b6-4-. The lowest BCUT2D eigenvalue weighted by Crippen LogP contribution is -2.03. The number of allylic oxidation sites excluding steroid dienone is 1. The second-order valence-electron chi connectivity index (χ2n) is 5.07. The van der Waals surface area contributed by atoms with Crippen LogP contribution in [-0.4, -0.2) is 15.9 Å². The number of carbonyl (C=O) groups excluding carboxylic acids is 1. The molecule has 1 aromatic carbocycles. The van der Waals surface area contributed by atoms with E-state index in [1.54, 1.807) is 43.6 Å². The number of phenols is 1. The normalized spacial score (nSPS) is 11.2. The predicted octanol–water partition coefficient (Wildman–Crippen LogP) is 3.10. The van der Waals surface area contributed by atoms with Gasteiger partial charge in [-0.3, -0.25) is 9.78 Å². The number of hydrogen-bond acceptors (Lipinski definition) is 5. The van der Waals surface area contributed by atoms with Crippen molar-refractivity contribution in [1.29, 1.82) is 0 Å². The molecule has 0 aliphatic heterocycles. The van der Waals surface area contributed by atoms with Crippen LogP contribution in [0.2, 0.25) is 0 Å². The SMILES string of the molecule is Cc1cc(=O)oc2c(C(=O)/C=C\c3cccnc3)c(O)ccc12. The molecule has 1 N–H and O–H groups in total. The Bertz CT molecular complexity index is 971. The zero-order valence-corrected chi connectivity index (χ0v) is 12.3. The molecule has 5 heteroatoms. The van der Waals surface area contributed by atoms with Crippen molar-refractivity contribution >= 4 is 22.8 Å². The number of nitrogens with zero attached hydrogens (tertiary/aromatic N) is 1. The van der Waals surface area contributed by atoms with Crippen molar-refractivity contribution < 1.29 is 14.3 Å². The minimum atomic E-state index is -0.564. The number of carbonyl (C=O) groups is 1. The van der Waals surface area contributed by atoms with E-state index in [0.29, 0.717) is 10.9 Å². The number of aromatic nitrogens is 1. The molecular formula is C18H13NO4. The quantitative estimate of drug-likeness (QED) is 0.457. The van der Waals surface area contributed by atoms with Crippen molar-refractivity contribution in [3.8, 4) is 5.75 Å². The topological polar surface area (TPSA) is 80.4 Å². The molecule has 114 valence electrons. The third-order valence-electron chi connectivity index (χ3n) is 3.46. The van der Waals surface area contributed by atoms with Gasteiger partial charge in [0.05, 0.1) is 0 Å². The van der Waals surface area contributed by atoms with Gasteiger partial charge < -0.3 is 9.52 Å². The van der Waals surface area contributed by atoms with Gasteiger partial charge in [0.25, 0.3) is 0 Å². The molecule has 3 rings (SSSR count).